The van der Waals surface area contributed by atoms with Crippen molar-refractivity contribution in [3.05, 3.63) is 29.8 Å². The topological polar surface area (TPSA) is 58.7 Å². The summed E-state index contributed by atoms with van der Waals surface area (Å²) < 4.78 is 5.25. The zero-order valence-electron chi connectivity index (χ0n) is 10.6. The van der Waals surface area contributed by atoms with Crippen LogP contribution in [0.3, 0.4) is 0 Å². The van der Waals surface area contributed by atoms with Crippen LogP contribution in [0.2, 0.25) is 0 Å². The van der Waals surface area contributed by atoms with E-state index in [1.54, 1.807) is 0 Å². The number of hydrogen-bond donors (Lipinski definition) is 2. The third-order valence-electron chi connectivity index (χ3n) is 2.88. The standard InChI is InChI=1S/C13H22N2O2/c1-11(12-4-3-5-13(14)10-12)15(2)6-8-17-9-7-16/h3-5,10-11,16H,6-9,14H2,1-2H3. The number of rotatable bonds is 7. The van der Waals surface area contributed by atoms with E-state index in [2.05, 4.69) is 24.9 Å². The van der Waals surface area contributed by atoms with E-state index >= 15 is 0 Å². The summed E-state index contributed by atoms with van der Waals surface area (Å²) in [5.41, 5.74) is 7.76. The molecular weight excluding hydrogens is 216 g/mol. The van der Waals surface area contributed by atoms with Gasteiger partial charge in [0.05, 0.1) is 19.8 Å². The Bertz CT molecular complexity index is 331. The molecule has 17 heavy (non-hydrogen) atoms. The van der Waals surface area contributed by atoms with Gasteiger partial charge in [0.1, 0.15) is 0 Å². The zero-order valence-corrected chi connectivity index (χ0v) is 10.6. The summed E-state index contributed by atoms with van der Waals surface area (Å²) in [6, 6.07) is 8.23. The van der Waals surface area contributed by atoms with Crippen LogP contribution in [0.25, 0.3) is 0 Å². The molecule has 0 aromatic heterocycles. The summed E-state index contributed by atoms with van der Waals surface area (Å²) in [7, 11) is 2.05. The van der Waals surface area contributed by atoms with E-state index in [1.807, 2.05) is 18.2 Å². The Kier molecular flexibility index (Phi) is 5.97. The van der Waals surface area contributed by atoms with Crippen molar-refractivity contribution in [2.24, 2.45) is 0 Å². The summed E-state index contributed by atoms with van der Waals surface area (Å²) in [6.45, 7) is 4.08. The minimum absolute atomic E-state index is 0.0779. The predicted molar refractivity (Wildman–Crippen MR) is 69.8 cm³/mol. The first-order chi connectivity index (χ1) is 8.15. The molecule has 0 aliphatic rings. The van der Waals surface area contributed by atoms with E-state index in [0.717, 1.165) is 12.2 Å². The molecule has 3 N–H and O–H groups in total. The fourth-order valence-electron chi connectivity index (χ4n) is 1.64. The van der Waals surface area contributed by atoms with Crippen molar-refractivity contribution in [1.82, 2.24) is 4.90 Å². The number of nitrogen functional groups attached to an aromatic ring is 1. The van der Waals surface area contributed by atoms with Crippen LogP contribution >= 0.6 is 0 Å². The first kappa shape index (κ1) is 14.0. The largest absolute Gasteiger partial charge is 0.399 e. The Hall–Kier alpha value is -1.10. The molecule has 4 heteroatoms. The number of aliphatic hydroxyl groups is 1. The number of ether oxygens (including phenoxy) is 1. The first-order valence-corrected chi connectivity index (χ1v) is 5.89. The number of aliphatic hydroxyl groups excluding tert-OH is 1. The smallest absolute Gasteiger partial charge is 0.0698 e. The van der Waals surface area contributed by atoms with Crippen LogP contribution in [-0.4, -0.2) is 43.4 Å². The van der Waals surface area contributed by atoms with Crippen molar-refractivity contribution in [3.8, 4) is 0 Å². The summed E-state index contributed by atoms with van der Waals surface area (Å²) in [4.78, 5) is 2.20. The van der Waals surface area contributed by atoms with E-state index in [0.29, 0.717) is 19.3 Å². The molecule has 0 heterocycles. The molecule has 0 spiro atoms. The Morgan fingerprint density at radius 2 is 2.18 bits per heavy atom. The maximum absolute atomic E-state index is 8.60. The van der Waals surface area contributed by atoms with E-state index < -0.39 is 0 Å². The molecule has 1 rings (SSSR count). The first-order valence-electron chi connectivity index (χ1n) is 5.89. The molecule has 1 aromatic carbocycles. The lowest BCUT2D eigenvalue weighted by Gasteiger charge is -2.25. The number of nitrogens with zero attached hydrogens (tertiary/aromatic N) is 1. The van der Waals surface area contributed by atoms with Gasteiger partial charge in [-0.15, -0.1) is 0 Å². The van der Waals surface area contributed by atoms with E-state index in [-0.39, 0.29) is 6.61 Å². The van der Waals surface area contributed by atoms with Gasteiger partial charge in [-0.05, 0) is 31.7 Å². The van der Waals surface area contributed by atoms with Gasteiger partial charge in [0.25, 0.3) is 0 Å². The number of likely N-dealkylation sites (N-methyl/N-ethyl adjacent to an activating group) is 1. The van der Waals surface area contributed by atoms with Gasteiger partial charge in [-0.3, -0.25) is 4.90 Å². The molecule has 0 radical (unpaired) electrons. The van der Waals surface area contributed by atoms with Crippen LogP contribution in [0.5, 0.6) is 0 Å². The fourth-order valence-corrected chi connectivity index (χ4v) is 1.64. The fraction of sp³-hybridized carbons (Fsp3) is 0.538. The molecule has 0 aliphatic heterocycles. The van der Waals surface area contributed by atoms with Gasteiger partial charge in [0, 0.05) is 18.3 Å². The molecule has 1 atom stereocenters. The Balaban J connectivity index is 2.43. The zero-order chi connectivity index (χ0) is 12.7. The van der Waals surface area contributed by atoms with Gasteiger partial charge in [-0.1, -0.05) is 12.1 Å². The van der Waals surface area contributed by atoms with Gasteiger partial charge in [-0.2, -0.15) is 0 Å². The molecule has 0 fully saturated rings. The van der Waals surface area contributed by atoms with Crippen molar-refractivity contribution in [2.45, 2.75) is 13.0 Å². The minimum atomic E-state index is 0.0779. The molecule has 1 unspecified atom stereocenters. The number of nitrogens with two attached hydrogens (primary N) is 1. The second-order valence-electron chi connectivity index (χ2n) is 4.16. The molecular formula is C13H22N2O2. The van der Waals surface area contributed by atoms with Crippen LogP contribution in [-0.2, 0) is 4.74 Å². The summed E-state index contributed by atoms with van der Waals surface area (Å²) in [6.07, 6.45) is 0. The average molecular weight is 238 g/mol. The predicted octanol–water partition coefficient (Wildman–Crippen LogP) is 1.27. The summed E-state index contributed by atoms with van der Waals surface area (Å²) >= 11 is 0. The van der Waals surface area contributed by atoms with Crippen molar-refractivity contribution >= 4 is 5.69 Å². The summed E-state index contributed by atoms with van der Waals surface area (Å²) in [5.74, 6) is 0. The molecule has 4 nitrogen and oxygen atoms in total. The Morgan fingerprint density at radius 3 is 2.82 bits per heavy atom. The average Bonchev–Trinajstić information content (AvgIpc) is 2.33. The van der Waals surface area contributed by atoms with E-state index in [4.69, 9.17) is 15.6 Å². The molecule has 96 valence electrons. The van der Waals surface area contributed by atoms with Gasteiger partial charge in [0.2, 0.25) is 0 Å². The van der Waals surface area contributed by atoms with E-state index in [9.17, 15) is 0 Å². The van der Waals surface area contributed by atoms with E-state index in [1.165, 1.54) is 5.56 Å². The normalized spacial score (nSPS) is 12.9. The SMILES string of the molecule is CC(c1cccc(N)c1)N(C)CCOCCO. The third-order valence-corrected chi connectivity index (χ3v) is 2.88. The molecule has 0 amide bonds. The number of anilines is 1. The lowest BCUT2D eigenvalue weighted by atomic mass is 10.1. The monoisotopic (exact) mass is 238 g/mol. The highest BCUT2D eigenvalue weighted by Crippen LogP contribution is 2.20. The molecule has 0 aliphatic carbocycles. The number of benzene rings is 1. The van der Waals surface area contributed by atoms with Crippen LogP contribution in [0.1, 0.15) is 18.5 Å². The minimum Gasteiger partial charge on any atom is -0.399 e. The second-order valence-corrected chi connectivity index (χ2v) is 4.16. The maximum Gasteiger partial charge on any atom is 0.0698 e. The van der Waals surface area contributed by atoms with Crippen molar-refractivity contribution in [2.75, 3.05) is 39.1 Å². The van der Waals surface area contributed by atoms with Gasteiger partial charge < -0.3 is 15.6 Å². The Labute approximate surface area is 103 Å². The van der Waals surface area contributed by atoms with Crippen LogP contribution in [0.15, 0.2) is 24.3 Å². The van der Waals surface area contributed by atoms with Crippen molar-refractivity contribution < 1.29 is 9.84 Å². The lowest BCUT2D eigenvalue weighted by Crippen LogP contribution is -2.26. The van der Waals surface area contributed by atoms with Crippen molar-refractivity contribution in [3.63, 3.8) is 0 Å². The molecule has 1 aromatic rings. The maximum atomic E-state index is 8.60. The Morgan fingerprint density at radius 1 is 1.41 bits per heavy atom. The highest BCUT2D eigenvalue weighted by atomic mass is 16.5. The van der Waals surface area contributed by atoms with Gasteiger partial charge in [0.15, 0.2) is 0 Å². The van der Waals surface area contributed by atoms with Crippen molar-refractivity contribution in [1.29, 1.82) is 0 Å². The number of hydrogen-bond acceptors (Lipinski definition) is 4. The van der Waals surface area contributed by atoms with Crippen LogP contribution in [0.4, 0.5) is 5.69 Å². The third kappa shape index (κ3) is 4.73. The quantitative estimate of drug-likeness (QED) is 0.555. The summed E-state index contributed by atoms with van der Waals surface area (Å²) in [5, 5.41) is 8.60. The molecule has 0 saturated carbocycles. The highest BCUT2D eigenvalue weighted by molar-refractivity contribution is 5.41. The molecule has 0 bridgehead atoms. The van der Waals surface area contributed by atoms with Gasteiger partial charge >= 0.3 is 0 Å². The second kappa shape index (κ2) is 7.27. The molecule has 0 saturated heterocycles. The van der Waals surface area contributed by atoms with Crippen LogP contribution < -0.4 is 5.73 Å². The van der Waals surface area contributed by atoms with Crippen LogP contribution in [0, 0.1) is 0 Å². The highest BCUT2D eigenvalue weighted by Gasteiger charge is 2.11. The lowest BCUT2D eigenvalue weighted by molar-refractivity contribution is 0.0719. The van der Waals surface area contributed by atoms with Gasteiger partial charge in [-0.25, -0.2) is 0 Å².